The van der Waals surface area contributed by atoms with Crippen LogP contribution in [-0.2, 0) is 0 Å². The summed E-state index contributed by atoms with van der Waals surface area (Å²) in [5, 5.41) is 9.67. The van der Waals surface area contributed by atoms with E-state index in [4.69, 9.17) is 4.42 Å². The lowest BCUT2D eigenvalue weighted by Gasteiger charge is -2.11. The number of aromatic nitrogens is 2. The van der Waals surface area contributed by atoms with Gasteiger partial charge in [-0.1, -0.05) is 115 Å². The molecule has 3 aromatic heterocycles. The Hall–Kier alpha value is -6.58. The molecule has 0 bridgehead atoms. The molecule has 49 heavy (non-hydrogen) atoms. The summed E-state index contributed by atoms with van der Waals surface area (Å²) in [6.45, 7) is 0. The zero-order valence-electron chi connectivity index (χ0n) is 26.5. The van der Waals surface area contributed by atoms with Crippen LogP contribution in [0.3, 0.4) is 0 Å². The van der Waals surface area contributed by atoms with Crippen molar-refractivity contribution in [2.45, 2.75) is 0 Å². The van der Waals surface area contributed by atoms with E-state index in [-0.39, 0.29) is 0 Å². The van der Waals surface area contributed by atoms with Crippen LogP contribution in [-0.4, -0.2) is 9.13 Å². The third kappa shape index (κ3) is 3.78. The Morgan fingerprint density at radius 2 is 0.939 bits per heavy atom. The van der Waals surface area contributed by atoms with E-state index in [1.165, 1.54) is 54.5 Å². The van der Waals surface area contributed by atoms with Gasteiger partial charge >= 0.3 is 0 Å². The van der Waals surface area contributed by atoms with Crippen LogP contribution < -0.4 is 0 Å². The van der Waals surface area contributed by atoms with Gasteiger partial charge in [0, 0.05) is 38.0 Å². The van der Waals surface area contributed by atoms with E-state index in [9.17, 15) is 0 Å². The Bertz CT molecular complexity index is 3100. The first-order valence-electron chi connectivity index (χ1n) is 16.8. The quantitative estimate of drug-likeness (QED) is 0.192. The van der Waals surface area contributed by atoms with Gasteiger partial charge in [-0.25, -0.2) is 0 Å². The van der Waals surface area contributed by atoms with Crippen LogP contribution in [0.15, 0.2) is 174 Å². The summed E-state index contributed by atoms with van der Waals surface area (Å²) in [6, 6.07) is 61.3. The maximum absolute atomic E-state index is 6.56. The van der Waals surface area contributed by atoms with Crippen LogP contribution in [0.2, 0.25) is 0 Å². The fourth-order valence-electron chi connectivity index (χ4n) is 8.05. The van der Waals surface area contributed by atoms with E-state index in [1.807, 2.05) is 6.07 Å². The van der Waals surface area contributed by atoms with Crippen molar-refractivity contribution in [3.8, 4) is 22.5 Å². The highest BCUT2D eigenvalue weighted by Crippen LogP contribution is 2.42. The second-order valence-corrected chi connectivity index (χ2v) is 13.0. The monoisotopic (exact) mass is 624 g/mol. The number of fused-ring (bicyclic) bond motifs is 10. The highest BCUT2D eigenvalue weighted by atomic mass is 16.3. The lowest BCUT2D eigenvalue weighted by atomic mass is 10.0. The maximum Gasteiger partial charge on any atom is 0.159 e. The number of hydrogen-bond acceptors (Lipinski definition) is 1. The standard InChI is InChI=1S/C46H28N2O/c1-2-11-31-26-32(21-20-29(31)10-1)30-22-24-33(25-23-30)47-40-16-6-3-12-34(40)38-28-44-39(27-43(38)47)35-13-4-7-17-41(35)48(44)42-18-9-15-37-36-14-5-8-19-45(36)49-46(37)42/h1-28H. The Morgan fingerprint density at radius 3 is 1.71 bits per heavy atom. The van der Waals surface area contributed by atoms with Crippen molar-refractivity contribution >= 4 is 76.3 Å². The molecule has 0 aliphatic heterocycles. The topological polar surface area (TPSA) is 23.0 Å². The van der Waals surface area contributed by atoms with Crippen molar-refractivity contribution in [1.82, 2.24) is 9.13 Å². The number of nitrogens with zero attached hydrogens (tertiary/aromatic N) is 2. The molecule has 0 spiro atoms. The average molecular weight is 625 g/mol. The highest BCUT2D eigenvalue weighted by molar-refractivity contribution is 6.19. The SMILES string of the molecule is c1ccc2cc(-c3ccc(-n4c5ccccc5c5cc6c(cc54)c4ccccc4n6-c4cccc5c4oc4ccccc45)cc3)ccc2c1. The van der Waals surface area contributed by atoms with Gasteiger partial charge in [-0.15, -0.1) is 0 Å². The summed E-state index contributed by atoms with van der Waals surface area (Å²) < 4.78 is 11.4. The largest absolute Gasteiger partial charge is 0.454 e. The van der Waals surface area contributed by atoms with Crippen molar-refractivity contribution < 1.29 is 4.42 Å². The number of para-hydroxylation sites is 4. The molecular weight excluding hydrogens is 597 g/mol. The molecule has 11 aromatic rings. The second-order valence-electron chi connectivity index (χ2n) is 13.0. The molecule has 3 nitrogen and oxygen atoms in total. The number of furan rings is 1. The first-order chi connectivity index (χ1) is 24.3. The molecule has 0 fully saturated rings. The molecule has 0 aliphatic carbocycles. The summed E-state index contributed by atoms with van der Waals surface area (Å²) in [4.78, 5) is 0. The van der Waals surface area contributed by atoms with Crippen molar-refractivity contribution in [3.63, 3.8) is 0 Å². The zero-order chi connectivity index (χ0) is 32.1. The van der Waals surface area contributed by atoms with Gasteiger partial charge in [0.2, 0.25) is 0 Å². The Kier molecular flexibility index (Phi) is 5.38. The van der Waals surface area contributed by atoms with E-state index in [0.717, 1.165) is 44.3 Å². The predicted octanol–water partition coefficient (Wildman–Crippen LogP) is 12.6. The summed E-state index contributed by atoms with van der Waals surface area (Å²) in [5.74, 6) is 0. The van der Waals surface area contributed by atoms with E-state index in [0.29, 0.717) is 0 Å². The first-order valence-corrected chi connectivity index (χ1v) is 16.8. The summed E-state index contributed by atoms with van der Waals surface area (Å²) >= 11 is 0. The Labute approximate surface area is 281 Å². The normalized spacial score (nSPS) is 12.1. The smallest absolute Gasteiger partial charge is 0.159 e. The number of rotatable bonds is 3. The van der Waals surface area contributed by atoms with Crippen LogP contribution in [0, 0.1) is 0 Å². The third-order valence-corrected chi connectivity index (χ3v) is 10.3. The lowest BCUT2D eigenvalue weighted by molar-refractivity contribution is 0.666. The first kappa shape index (κ1) is 26.5. The molecular formula is C46H28N2O. The van der Waals surface area contributed by atoms with Crippen molar-refractivity contribution in [2.75, 3.05) is 0 Å². The molecule has 0 saturated heterocycles. The lowest BCUT2D eigenvalue weighted by Crippen LogP contribution is -1.95. The molecule has 228 valence electrons. The highest BCUT2D eigenvalue weighted by Gasteiger charge is 2.20. The van der Waals surface area contributed by atoms with E-state index in [2.05, 4.69) is 173 Å². The van der Waals surface area contributed by atoms with Gasteiger partial charge in [0.05, 0.1) is 27.8 Å². The maximum atomic E-state index is 6.56. The Balaban J connectivity index is 1.16. The average Bonchev–Trinajstić information content (AvgIpc) is 3.81. The van der Waals surface area contributed by atoms with Crippen LogP contribution in [0.25, 0.3) is 98.8 Å². The van der Waals surface area contributed by atoms with Gasteiger partial charge in [-0.05, 0) is 76.5 Å². The third-order valence-electron chi connectivity index (χ3n) is 10.3. The summed E-state index contributed by atoms with van der Waals surface area (Å²) in [5.41, 5.74) is 11.1. The number of hydrogen-bond donors (Lipinski definition) is 0. The van der Waals surface area contributed by atoms with Crippen LogP contribution >= 0.6 is 0 Å². The van der Waals surface area contributed by atoms with Gasteiger partial charge < -0.3 is 13.6 Å². The molecule has 11 rings (SSSR count). The molecule has 3 heterocycles. The van der Waals surface area contributed by atoms with Crippen molar-refractivity contribution in [2.24, 2.45) is 0 Å². The predicted molar refractivity (Wildman–Crippen MR) is 205 cm³/mol. The molecule has 0 atom stereocenters. The Morgan fingerprint density at radius 1 is 0.347 bits per heavy atom. The molecule has 0 radical (unpaired) electrons. The summed E-state index contributed by atoms with van der Waals surface area (Å²) in [6.07, 6.45) is 0. The molecule has 3 heteroatoms. The molecule has 8 aromatic carbocycles. The minimum atomic E-state index is 0.903. The van der Waals surface area contributed by atoms with Gasteiger partial charge in [-0.3, -0.25) is 0 Å². The fourth-order valence-corrected chi connectivity index (χ4v) is 8.05. The summed E-state index contributed by atoms with van der Waals surface area (Å²) in [7, 11) is 0. The van der Waals surface area contributed by atoms with Gasteiger partial charge in [0.15, 0.2) is 5.58 Å². The van der Waals surface area contributed by atoms with Crippen LogP contribution in [0.4, 0.5) is 0 Å². The van der Waals surface area contributed by atoms with E-state index in [1.54, 1.807) is 0 Å². The molecule has 0 aliphatic rings. The second kappa shape index (κ2) is 9.96. The van der Waals surface area contributed by atoms with E-state index >= 15 is 0 Å². The van der Waals surface area contributed by atoms with E-state index < -0.39 is 0 Å². The molecule has 0 saturated carbocycles. The van der Waals surface area contributed by atoms with Crippen LogP contribution in [0.1, 0.15) is 0 Å². The van der Waals surface area contributed by atoms with Gasteiger partial charge in [0.1, 0.15) is 5.58 Å². The molecule has 0 amide bonds. The van der Waals surface area contributed by atoms with Gasteiger partial charge in [0.25, 0.3) is 0 Å². The minimum absolute atomic E-state index is 0.903. The van der Waals surface area contributed by atoms with Crippen molar-refractivity contribution in [1.29, 1.82) is 0 Å². The molecule has 0 N–H and O–H groups in total. The minimum Gasteiger partial charge on any atom is -0.454 e. The van der Waals surface area contributed by atoms with Gasteiger partial charge in [-0.2, -0.15) is 0 Å². The zero-order valence-corrected chi connectivity index (χ0v) is 26.5. The van der Waals surface area contributed by atoms with Crippen molar-refractivity contribution in [3.05, 3.63) is 170 Å². The fraction of sp³-hybridized carbons (Fsp3) is 0. The van der Waals surface area contributed by atoms with Crippen LogP contribution in [0.5, 0.6) is 0 Å². The molecule has 0 unspecified atom stereocenters. The number of benzene rings is 8.